The number of amides is 2. The first kappa shape index (κ1) is 15.4. The van der Waals surface area contributed by atoms with Crippen LogP contribution in [0.1, 0.15) is 22.5 Å². The normalized spacial score (nSPS) is 18.1. The van der Waals surface area contributed by atoms with Crippen LogP contribution < -0.4 is 5.32 Å². The number of likely N-dealkylation sites (tertiary alicyclic amines) is 1. The van der Waals surface area contributed by atoms with Gasteiger partial charge in [0.15, 0.2) is 0 Å². The van der Waals surface area contributed by atoms with Crippen molar-refractivity contribution in [3.63, 3.8) is 0 Å². The number of hydrogen-bond donors (Lipinski definition) is 1. The highest BCUT2D eigenvalue weighted by atomic mass is 16.5. The minimum atomic E-state index is -0.140. The Labute approximate surface area is 124 Å². The first-order valence-electron chi connectivity index (χ1n) is 7.08. The summed E-state index contributed by atoms with van der Waals surface area (Å²) in [5.74, 6) is 0.209. The Bertz CT molecular complexity index is 519. The molecule has 1 aromatic rings. The summed E-state index contributed by atoms with van der Waals surface area (Å²) in [7, 11) is 3.23. The molecule has 1 aromatic heterocycles. The third-order valence-electron chi connectivity index (χ3n) is 3.70. The maximum absolute atomic E-state index is 11.9. The number of nitrogens with zero attached hydrogens (tertiary/aromatic N) is 2. The SMILES string of the molecule is CNC(=O)c1cccnc1C[C@@H]1CC(=O)N(CCOC)C1. The van der Waals surface area contributed by atoms with E-state index in [0.29, 0.717) is 38.1 Å². The van der Waals surface area contributed by atoms with Gasteiger partial charge in [0.2, 0.25) is 5.91 Å². The third-order valence-corrected chi connectivity index (χ3v) is 3.70. The van der Waals surface area contributed by atoms with Gasteiger partial charge in [0.25, 0.3) is 5.91 Å². The number of methoxy groups -OCH3 is 1. The van der Waals surface area contributed by atoms with Crippen LogP contribution in [0, 0.1) is 5.92 Å². The topological polar surface area (TPSA) is 71.5 Å². The molecule has 1 fully saturated rings. The lowest BCUT2D eigenvalue weighted by molar-refractivity contribution is -0.128. The molecule has 6 heteroatoms. The summed E-state index contributed by atoms with van der Waals surface area (Å²) < 4.78 is 5.01. The molecule has 0 aromatic carbocycles. The van der Waals surface area contributed by atoms with Crippen molar-refractivity contribution in [1.29, 1.82) is 0 Å². The Kier molecular flexibility index (Phi) is 5.27. The van der Waals surface area contributed by atoms with Crippen LogP contribution in [0.4, 0.5) is 0 Å². The lowest BCUT2D eigenvalue weighted by Gasteiger charge is -2.16. The summed E-state index contributed by atoms with van der Waals surface area (Å²) in [6.45, 7) is 1.87. The molecule has 6 nitrogen and oxygen atoms in total. The minimum Gasteiger partial charge on any atom is -0.383 e. The van der Waals surface area contributed by atoms with Gasteiger partial charge < -0.3 is 15.0 Å². The molecule has 1 aliphatic heterocycles. The molecule has 0 spiro atoms. The highest BCUT2D eigenvalue weighted by molar-refractivity contribution is 5.95. The van der Waals surface area contributed by atoms with E-state index >= 15 is 0 Å². The number of nitrogens with one attached hydrogen (secondary N) is 1. The average molecular weight is 291 g/mol. The van der Waals surface area contributed by atoms with Crippen molar-refractivity contribution in [2.75, 3.05) is 33.9 Å². The van der Waals surface area contributed by atoms with Gasteiger partial charge in [0, 0.05) is 39.9 Å². The van der Waals surface area contributed by atoms with Gasteiger partial charge in [-0.25, -0.2) is 0 Å². The van der Waals surface area contributed by atoms with Gasteiger partial charge in [-0.05, 0) is 24.5 Å². The molecule has 2 rings (SSSR count). The van der Waals surface area contributed by atoms with Crippen molar-refractivity contribution >= 4 is 11.8 Å². The zero-order valence-corrected chi connectivity index (χ0v) is 12.5. The summed E-state index contributed by atoms with van der Waals surface area (Å²) >= 11 is 0. The average Bonchev–Trinajstić information content (AvgIpc) is 2.84. The van der Waals surface area contributed by atoms with E-state index in [2.05, 4.69) is 10.3 Å². The second-order valence-corrected chi connectivity index (χ2v) is 5.18. The molecule has 0 aliphatic carbocycles. The van der Waals surface area contributed by atoms with E-state index in [4.69, 9.17) is 4.74 Å². The van der Waals surface area contributed by atoms with Crippen molar-refractivity contribution in [2.45, 2.75) is 12.8 Å². The maximum Gasteiger partial charge on any atom is 0.252 e. The van der Waals surface area contributed by atoms with Crippen molar-refractivity contribution < 1.29 is 14.3 Å². The van der Waals surface area contributed by atoms with Crippen LogP contribution in [-0.2, 0) is 16.0 Å². The van der Waals surface area contributed by atoms with Crippen LogP contribution in [0.3, 0.4) is 0 Å². The van der Waals surface area contributed by atoms with Crippen molar-refractivity contribution in [3.05, 3.63) is 29.6 Å². The number of ether oxygens (including phenoxy) is 1. The smallest absolute Gasteiger partial charge is 0.252 e. The number of hydrogen-bond acceptors (Lipinski definition) is 4. The van der Waals surface area contributed by atoms with E-state index in [1.165, 1.54) is 0 Å². The summed E-state index contributed by atoms with van der Waals surface area (Å²) in [5.41, 5.74) is 1.34. The Hall–Kier alpha value is -1.95. The minimum absolute atomic E-state index is 0.140. The Morgan fingerprint density at radius 3 is 3.10 bits per heavy atom. The highest BCUT2D eigenvalue weighted by Crippen LogP contribution is 2.22. The Morgan fingerprint density at radius 1 is 1.57 bits per heavy atom. The van der Waals surface area contributed by atoms with Crippen LogP contribution in [0.5, 0.6) is 0 Å². The van der Waals surface area contributed by atoms with Gasteiger partial charge in [-0.15, -0.1) is 0 Å². The zero-order valence-electron chi connectivity index (χ0n) is 12.5. The first-order valence-corrected chi connectivity index (χ1v) is 7.08. The summed E-state index contributed by atoms with van der Waals surface area (Å²) in [6.07, 6.45) is 2.83. The molecule has 2 amide bonds. The zero-order chi connectivity index (χ0) is 15.2. The molecule has 0 bridgehead atoms. The third kappa shape index (κ3) is 3.78. The summed E-state index contributed by atoms with van der Waals surface area (Å²) in [4.78, 5) is 29.9. The summed E-state index contributed by atoms with van der Waals surface area (Å²) in [6, 6.07) is 3.51. The second kappa shape index (κ2) is 7.17. The monoisotopic (exact) mass is 291 g/mol. The lowest BCUT2D eigenvalue weighted by atomic mass is 9.99. The van der Waals surface area contributed by atoms with Gasteiger partial charge >= 0.3 is 0 Å². The van der Waals surface area contributed by atoms with Crippen molar-refractivity contribution in [3.8, 4) is 0 Å². The fourth-order valence-electron chi connectivity index (χ4n) is 2.62. The van der Waals surface area contributed by atoms with E-state index in [9.17, 15) is 9.59 Å². The molecule has 1 N–H and O–H groups in total. The largest absolute Gasteiger partial charge is 0.383 e. The fraction of sp³-hybridized carbons (Fsp3) is 0.533. The van der Waals surface area contributed by atoms with E-state index in [1.54, 1.807) is 32.5 Å². The second-order valence-electron chi connectivity index (χ2n) is 5.18. The van der Waals surface area contributed by atoms with Gasteiger partial charge in [0.1, 0.15) is 0 Å². The van der Waals surface area contributed by atoms with Gasteiger partial charge in [0.05, 0.1) is 17.9 Å². The predicted octanol–water partition coefficient (Wildman–Crippen LogP) is 0.479. The number of carbonyl (C=O) groups is 2. The van der Waals surface area contributed by atoms with E-state index in [1.807, 2.05) is 4.90 Å². The molecule has 21 heavy (non-hydrogen) atoms. The molecule has 0 saturated carbocycles. The number of pyridine rings is 1. The Morgan fingerprint density at radius 2 is 2.38 bits per heavy atom. The maximum atomic E-state index is 11.9. The Balaban J connectivity index is 2.03. The number of aromatic nitrogens is 1. The van der Waals surface area contributed by atoms with E-state index < -0.39 is 0 Å². The van der Waals surface area contributed by atoms with Crippen LogP contribution in [0.25, 0.3) is 0 Å². The number of carbonyl (C=O) groups excluding carboxylic acids is 2. The molecule has 1 aliphatic rings. The van der Waals surface area contributed by atoms with Crippen molar-refractivity contribution in [1.82, 2.24) is 15.2 Å². The fourth-order valence-corrected chi connectivity index (χ4v) is 2.62. The molecule has 2 heterocycles. The van der Waals surface area contributed by atoms with E-state index in [0.717, 1.165) is 5.69 Å². The molecule has 114 valence electrons. The van der Waals surface area contributed by atoms with Gasteiger partial charge in [-0.3, -0.25) is 14.6 Å². The molecule has 1 atom stereocenters. The highest BCUT2D eigenvalue weighted by Gasteiger charge is 2.30. The summed E-state index contributed by atoms with van der Waals surface area (Å²) in [5, 5.41) is 2.62. The van der Waals surface area contributed by atoms with Crippen molar-refractivity contribution in [2.24, 2.45) is 5.92 Å². The van der Waals surface area contributed by atoms with E-state index in [-0.39, 0.29) is 17.7 Å². The standard InChI is InChI=1S/C15H21N3O3/c1-16-15(20)12-4-3-5-17-13(12)8-11-9-14(19)18(10-11)6-7-21-2/h3-5,11H,6-10H2,1-2H3,(H,16,20)/t11-/m1/s1. The molecule has 0 radical (unpaired) electrons. The lowest BCUT2D eigenvalue weighted by Crippen LogP contribution is -2.29. The number of rotatable bonds is 6. The van der Waals surface area contributed by atoms with Crippen LogP contribution in [-0.4, -0.2) is 55.6 Å². The van der Waals surface area contributed by atoms with Gasteiger partial charge in [-0.1, -0.05) is 0 Å². The quantitative estimate of drug-likeness (QED) is 0.827. The molecular weight excluding hydrogens is 270 g/mol. The van der Waals surface area contributed by atoms with Crippen LogP contribution >= 0.6 is 0 Å². The molecular formula is C15H21N3O3. The molecule has 0 unspecified atom stereocenters. The molecule has 1 saturated heterocycles. The van der Waals surface area contributed by atoms with Crippen LogP contribution in [0.2, 0.25) is 0 Å². The first-order chi connectivity index (χ1) is 10.2. The predicted molar refractivity (Wildman–Crippen MR) is 77.9 cm³/mol. The van der Waals surface area contributed by atoms with Gasteiger partial charge in [-0.2, -0.15) is 0 Å². The van der Waals surface area contributed by atoms with Crippen LogP contribution in [0.15, 0.2) is 18.3 Å².